The lowest BCUT2D eigenvalue weighted by Crippen LogP contribution is -2.42. The highest BCUT2D eigenvalue weighted by molar-refractivity contribution is 5.89. The van der Waals surface area contributed by atoms with Crippen LogP contribution in [0.15, 0.2) is 0 Å². The number of carbonyl (C=O) groups excluding carboxylic acids is 2. The number of hydrogen-bond acceptors (Lipinski definition) is 3. The molecule has 2 bridgehead atoms. The average molecular weight is 251 g/mol. The molecule has 0 aliphatic carbocycles. The average Bonchev–Trinajstić information content (AvgIpc) is 2.84. The first-order valence-electron chi connectivity index (χ1n) is 6.92. The molecular weight excluding hydrogens is 230 g/mol. The molecule has 0 aromatic heterocycles. The molecule has 0 aromatic rings. The van der Waals surface area contributed by atoms with E-state index in [2.05, 4.69) is 17.3 Å². The van der Waals surface area contributed by atoms with E-state index in [1.807, 2.05) is 4.90 Å². The topological polar surface area (TPSA) is 52.6 Å². The number of carbonyl (C=O) groups is 2. The quantitative estimate of drug-likeness (QED) is 0.703. The second-order valence-corrected chi connectivity index (χ2v) is 5.83. The van der Waals surface area contributed by atoms with Gasteiger partial charge in [0.05, 0.1) is 5.92 Å². The summed E-state index contributed by atoms with van der Waals surface area (Å²) in [4.78, 5) is 28.0. The maximum absolute atomic E-state index is 12.4. The van der Waals surface area contributed by atoms with E-state index in [0.29, 0.717) is 25.0 Å². The van der Waals surface area contributed by atoms with Gasteiger partial charge in [0.15, 0.2) is 0 Å². The smallest absolute Gasteiger partial charge is 0.228 e. The molecule has 0 saturated carbocycles. The molecule has 3 saturated heterocycles. The molecule has 1 N–H and O–H groups in total. The van der Waals surface area contributed by atoms with Crippen LogP contribution >= 0.6 is 0 Å². The third-order valence-electron chi connectivity index (χ3n) is 4.79. The Morgan fingerprint density at radius 3 is 2.78 bits per heavy atom. The van der Waals surface area contributed by atoms with Crippen LogP contribution in [0.25, 0.3) is 0 Å². The van der Waals surface area contributed by atoms with Gasteiger partial charge < -0.3 is 10.2 Å². The standard InChI is InChI=1S/C13H21N3O2/c1-15-10-2-3-11(15)8-16(5-4-10)13(18)9-6-12(17)14-7-9/h9-11H,2-8H2,1H3,(H,14,17). The van der Waals surface area contributed by atoms with Crippen LogP contribution in [0, 0.1) is 5.92 Å². The number of nitrogens with zero attached hydrogens (tertiary/aromatic N) is 2. The molecule has 3 heterocycles. The van der Waals surface area contributed by atoms with Crippen molar-refractivity contribution < 1.29 is 9.59 Å². The molecule has 18 heavy (non-hydrogen) atoms. The van der Waals surface area contributed by atoms with Crippen molar-refractivity contribution in [1.82, 2.24) is 15.1 Å². The summed E-state index contributed by atoms with van der Waals surface area (Å²) >= 11 is 0. The molecular formula is C13H21N3O2. The van der Waals surface area contributed by atoms with Crippen molar-refractivity contribution in [3.8, 4) is 0 Å². The van der Waals surface area contributed by atoms with Gasteiger partial charge in [0, 0.05) is 38.1 Å². The summed E-state index contributed by atoms with van der Waals surface area (Å²) in [5, 5.41) is 2.75. The Morgan fingerprint density at radius 1 is 1.28 bits per heavy atom. The van der Waals surface area contributed by atoms with Crippen LogP contribution in [-0.2, 0) is 9.59 Å². The van der Waals surface area contributed by atoms with E-state index in [0.717, 1.165) is 19.5 Å². The molecule has 5 nitrogen and oxygen atoms in total. The summed E-state index contributed by atoms with van der Waals surface area (Å²) < 4.78 is 0. The van der Waals surface area contributed by atoms with E-state index in [4.69, 9.17) is 0 Å². The molecule has 100 valence electrons. The van der Waals surface area contributed by atoms with Crippen LogP contribution in [0.1, 0.15) is 25.7 Å². The number of hydrogen-bond donors (Lipinski definition) is 1. The Balaban J connectivity index is 1.66. The van der Waals surface area contributed by atoms with E-state index in [1.165, 1.54) is 12.8 Å². The van der Waals surface area contributed by atoms with Crippen LogP contribution in [0.2, 0.25) is 0 Å². The SMILES string of the molecule is CN1C2CCC1CN(C(=O)C1CNC(=O)C1)CC2. The summed E-state index contributed by atoms with van der Waals surface area (Å²) in [6, 6.07) is 1.17. The van der Waals surface area contributed by atoms with E-state index in [1.54, 1.807) is 0 Å². The Kier molecular flexibility index (Phi) is 3.01. The van der Waals surface area contributed by atoms with Crippen molar-refractivity contribution in [3.63, 3.8) is 0 Å². The highest BCUT2D eigenvalue weighted by Gasteiger charge is 2.38. The number of fused-ring (bicyclic) bond motifs is 2. The molecule has 3 fully saturated rings. The molecule has 3 atom stereocenters. The van der Waals surface area contributed by atoms with Crippen molar-refractivity contribution in [1.29, 1.82) is 0 Å². The molecule has 0 radical (unpaired) electrons. The zero-order chi connectivity index (χ0) is 12.7. The minimum absolute atomic E-state index is 0.0156. The molecule has 3 rings (SSSR count). The molecule has 2 amide bonds. The monoisotopic (exact) mass is 251 g/mol. The first-order valence-corrected chi connectivity index (χ1v) is 6.92. The summed E-state index contributed by atoms with van der Waals surface area (Å²) in [5.74, 6) is 0.0653. The van der Waals surface area contributed by atoms with E-state index >= 15 is 0 Å². The van der Waals surface area contributed by atoms with Gasteiger partial charge in [-0.1, -0.05) is 0 Å². The summed E-state index contributed by atoms with van der Waals surface area (Å²) in [5.41, 5.74) is 0. The van der Waals surface area contributed by atoms with Crippen molar-refractivity contribution in [2.24, 2.45) is 5.92 Å². The number of likely N-dealkylation sites (N-methyl/N-ethyl adjacent to an activating group) is 1. The zero-order valence-corrected chi connectivity index (χ0v) is 10.9. The van der Waals surface area contributed by atoms with E-state index < -0.39 is 0 Å². The second kappa shape index (κ2) is 4.53. The predicted molar refractivity (Wildman–Crippen MR) is 66.9 cm³/mol. The van der Waals surface area contributed by atoms with Gasteiger partial charge in [0.2, 0.25) is 11.8 Å². The van der Waals surface area contributed by atoms with E-state index in [-0.39, 0.29) is 17.7 Å². The number of likely N-dealkylation sites (tertiary alicyclic amines) is 1. The minimum atomic E-state index is -0.126. The fourth-order valence-corrected chi connectivity index (χ4v) is 3.55. The lowest BCUT2D eigenvalue weighted by Gasteiger charge is -2.27. The van der Waals surface area contributed by atoms with Gasteiger partial charge >= 0.3 is 0 Å². The summed E-state index contributed by atoms with van der Waals surface area (Å²) in [7, 11) is 2.18. The fourth-order valence-electron chi connectivity index (χ4n) is 3.55. The van der Waals surface area contributed by atoms with Gasteiger partial charge in [-0.2, -0.15) is 0 Å². The lowest BCUT2D eigenvalue weighted by molar-refractivity contribution is -0.136. The van der Waals surface area contributed by atoms with Crippen LogP contribution in [0.5, 0.6) is 0 Å². The highest BCUT2D eigenvalue weighted by atomic mass is 16.2. The molecule has 0 aromatic carbocycles. The van der Waals surface area contributed by atoms with Crippen LogP contribution in [0.4, 0.5) is 0 Å². The first kappa shape index (κ1) is 12.0. The largest absolute Gasteiger partial charge is 0.355 e. The zero-order valence-electron chi connectivity index (χ0n) is 10.9. The Bertz CT molecular complexity index is 371. The normalized spacial score (nSPS) is 36.6. The van der Waals surface area contributed by atoms with Gasteiger partial charge in [-0.25, -0.2) is 0 Å². The predicted octanol–water partition coefficient (Wildman–Crippen LogP) is -0.182. The summed E-state index contributed by atoms with van der Waals surface area (Å²) in [6.07, 6.45) is 3.92. The first-order chi connectivity index (χ1) is 8.65. The van der Waals surface area contributed by atoms with Crippen LogP contribution in [0.3, 0.4) is 0 Å². The van der Waals surface area contributed by atoms with Crippen LogP contribution < -0.4 is 5.32 Å². The fraction of sp³-hybridized carbons (Fsp3) is 0.846. The van der Waals surface area contributed by atoms with Gasteiger partial charge in [-0.3, -0.25) is 14.5 Å². The van der Waals surface area contributed by atoms with Crippen molar-refractivity contribution in [3.05, 3.63) is 0 Å². The number of rotatable bonds is 1. The van der Waals surface area contributed by atoms with Gasteiger partial charge in [-0.15, -0.1) is 0 Å². The number of amides is 2. The van der Waals surface area contributed by atoms with Crippen LogP contribution in [-0.4, -0.2) is 60.4 Å². The summed E-state index contributed by atoms with van der Waals surface area (Å²) in [6.45, 7) is 2.23. The lowest BCUT2D eigenvalue weighted by atomic mass is 10.0. The second-order valence-electron chi connectivity index (χ2n) is 5.83. The molecule has 0 spiro atoms. The maximum Gasteiger partial charge on any atom is 0.228 e. The third kappa shape index (κ3) is 2.00. The van der Waals surface area contributed by atoms with Crippen molar-refractivity contribution in [2.45, 2.75) is 37.8 Å². The van der Waals surface area contributed by atoms with Gasteiger partial charge in [0.1, 0.15) is 0 Å². The number of nitrogens with one attached hydrogen (secondary N) is 1. The van der Waals surface area contributed by atoms with Crippen molar-refractivity contribution in [2.75, 3.05) is 26.7 Å². The Labute approximate surface area is 107 Å². The third-order valence-corrected chi connectivity index (χ3v) is 4.79. The Hall–Kier alpha value is -1.10. The van der Waals surface area contributed by atoms with Gasteiger partial charge in [0.25, 0.3) is 0 Å². The maximum atomic E-state index is 12.4. The molecule has 3 aliphatic heterocycles. The van der Waals surface area contributed by atoms with Crippen molar-refractivity contribution >= 4 is 11.8 Å². The highest BCUT2D eigenvalue weighted by Crippen LogP contribution is 2.29. The van der Waals surface area contributed by atoms with E-state index in [9.17, 15) is 9.59 Å². The molecule has 3 aliphatic rings. The molecule has 3 unspecified atom stereocenters. The molecule has 5 heteroatoms. The Morgan fingerprint density at radius 2 is 2.06 bits per heavy atom. The van der Waals surface area contributed by atoms with Gasteiger partial charge in [-0.05, 0) is 26.3 Å². The minimum Gasteiger partial charge on any atom is -0.355 e.